The third kappa shape index (κ3) is 5.31. The second-order valence-corrected chi connectivity index (χ2v) is 11.0. The molecule has 1 aromatic heterocycles. The van der Waals surface area contributed by atoms with Crippen LogP contribution in [0.3, 0.4) is 0 Å². The summed E-state index contributed by atoms with van der Waals surface area (Å²) >= 11 is 6.95. The second kappa shape index (κ2) is 9.47. The van der Waals surface area contributed by atoms with E-state index < -0.39 is 10.0 Å². The molecule has 0 bridgehead atoms. The molecule has 9 heteroatoms. The van der Waals surface area contributed by atoms with Crippen LogP contribution < -0.4 is 10.1 Å². The number of halogens is 1. The lowest BCUT2D eigenvalue weighted by Gasteiger charge is -2.33. The fraction of sp³-hybridized carbons (Fsp3) is 0.450. The molecule has 1 fully saturated rings. The van der Waals surface area contributed by atoms with Crippen LogP contribution in [0.4, 0.5) is 0 Å². The minimum absolute atomic E-state index is 0.0147. The van der Waals surface area contributed by atoms with Crippen molar-refractivity contribution in [3.63, 3.8) is 0 Å². The Morgan fingerprint density at radius 3 is 2.66 bits per heavy atom. The first-order valence-corrected chi connectivity index (χ1v) is 12.1. The fourth-order valence-electron chi connectivity index (χ4n) is 3.53. The van der Waals surface area contributed by atoms with E-state index in [9.17, 15) is 13.2 Å². The van der Waals surface area contributed by atoms with Crippen LogP contribution in [0, 0.1) is 11.8 Å². The highest BCUT2D eigenvalue weighted by Crippen LogP contribution is 2.32. The van der Waals surface area contributed by atoms with E-state index in [1.807, 2.05) is 31.2 Å². The smallest absolute Gasteiger partial charge is 0.252 e. The van der Waals surface area contributed by atoms with Crippen molar-refractivity contribution in [1.82, 2.24) is 9.62 Å². The molecule has 6 nitrogen and oxygen atoms in total. The van der Waals surface area contributed by atoms with Gasteiger partial charge in [-0.25, -0.2) is 8.42 Å². The van der Waals surface area contributed by atoms with Crippen LogP contribution in [0.15, 0.2) is 40.6 Å². The van der Waals surface area contributed by atoms with Crippen molar-refractivity contribution in [2.45, 2.75) is 30.5 Å². The number of hydrogen-bond acceptors (Lipinski definition) is 5. The van der Waals surface area contributed by atoms with Crippen molar-refractivity contribution in [3.05, 3.63) is 46.3 Å². The van der Waals surface area contributed by atoms with E-state index in [0.29, 0.717) is 36.8 Å². The minimum Gasteiger partial charge on any atom is -0.497 e. The Morgan fingerprint density at radius 1 is 1.31 bits per heavy atom. The molecule has 1 atom stereocenters. The van der Waals surface area contributed by atoms with Crippen LogP contribution in [0.5, 0.6) is 5.75 Å². The second-order valence-electron chi connectivity index (χ2n) is 7.16. The average molecular weight is 457 g/mol. The standard InChI is InChI=1S/C20H25ClN2O4S2/c1-14(20(24)22-13-15-4-3-5-17(12-15)27-2)16-8-10-23(11-9-16)29(25,26)19-7-6-18(21)28-19/h3-7,12,14,16H,8-11,13H2,1-2H3,(H,22,24)/t14-/m0/s1. The highest BCUT2D eigenvalue weighted by molar-refractivity contribution is 7.91. The normalized spacial score (nSPS) is 17.1. The highest BCUT2D eigenvalue weighted by Gasteiger charge is 2.34. The summed E-state index contributed by atoms with van der Waals surface area (Å²) in [5.41, 5.74) is 0.973. The van der Waals surface area contributed by atoms with Gasteiger partial charge in [0.25, 0.3) is 10.0 Å². The maximum Gasteiger partial charge on any atom is 0.252 e. The lowest BCUT2D eigenvalue weighted by molar-refractivity contribution is -0.126. The molecule has 2 heterocycles. The minimum atomic E-state index is -3.51. The zero-order valence-corrected chi connectivity index (χ0v) is 18.8. The van der Waals surface area contributed by atoms with Gasteiger partial charge in [0, 0.05) is 25.6 Å². The molecule has 0 spiro atoms. The third-order valence-corrected chi connectivity index (χ3v) is 8.96. The number of thiophene rings is 1. The first-order valence-electron chi connectivity index (χ1n) is 9.47. The number of amides is 1. The van der Waals surface area contributed by atoms with E-state index in [2.05, 4.69) is 5.32 Å². The molecular formula is C20H25ClN2O4S2. The molecule has 1 N–H and O–H groups in total. The van der Waals surface area contributed by atoms with Gasteiger partial charge in [0.1, 0.15) is 9.96 Å². The summed E-state index contributed by atoms with van der Waals surface area (Å²) in [4.78, 5) is 12.6. The fourth-order valence-corrected chi connectivity index (χ4v) is 6.63. The molecule has 1 aromatic carbocycles. The Labute approximate surface area is 180 Å². The summed E-state index contributed by atoms with van der Waals surface area (Å²) < 4.78 is 32.8. The summed E-state index contributed by atoms with van der Waals surface area (Å²) in [6, 6.07) is 10.7. The maximum absolute atomic E-state index is 12.7. The summed E-state index contributed by atoms with van der Waals surface area (Å²) in [6.45, 7) is 3.17. The van der Waals surface area contributed by atoms with Gasteiger partial charge in [0.2, 0.25) is 5.91 Å². The maximum atomic E-state index is 12.7. The van der Waals surface area contributed by atoms with Crippen molar-refractivity contribution >= 4 is 38.9 Å². The predicted octanol–water partition coefficient (Wildman–Crippen LogP) is 3.76. The van der Waals surface area contributed by atoms with Gasteiger partial charge in [-0.15, -0.1) is 11.3 Å². The Hall–Kier alpha value is -1.61. The number of nitrogens with zero attached hydrogens (tertiary/aromatic N) is 1. The van der Waals surface area contributed by atoms with Crippen LogP contribution in [0.2, 0.25) is 4.34 Å². The largest absolute Gasteiger partial charge is 0.497 e. The van der Waals surface area contributed by atoms with E-state index >= 15 is 0 Å². The van der Waals surface area contributed by atoms with E-state index in [4.69, 9.17) is 16.3 Å². The van der Waals surface area contributed by atoms with Crippen molar-refractivity contribution in [2.75, 3.05) is 20.2 Å². The molecule has 2 aromatic rings. The molecule has 0 radical (unpaired) electrons. The molecule has 1 aliphatic heterocycles. The molecule has 0 unspecified atom stereocenters. The number of carbonyl (C=O) groups is 1. The topological polar surface area (TPSA) is 75.7 Å². The first kappa shape index (κ1) is 22.1. The zero-order chi connectivity index (χ0) is 21.0. The summed E-state index contributed by atoms with van der Waals surface area (Å²) in [5.74, 6) is 0.713. The number of carbonyl (C=O) groups excluding carboxylic acids is 1. The molecule has 0 aliphatic carbocycles. The van der Waals surface area contributed by atoms with Gasteiger partial charge in [-0.2, -0.15) is 4.31 Å². The molecular weight excluding hydrogens is 432 g/mol. The van der Waals surface area contributed by atoms with E-state index in [1.165, 1.54) is 4.31 Å². The number of methoxy groups -OCH3 is 1. The number of benzene rings is 1. The number of piperidine rings is 1. The number of hydrogen-bond donors (Lipinski definition) is 1. The number of sulfonamides is 1. The van der Waals surface area contributed by atoms with Gasteiger partial charge in [0.05, 0.1) is 11.4 Å². The molecule has 29 heavy (non-hydrogen) atoms. The highest BCUT2D eigenvalue weighted by atomic mass is 35.5. The molecule has 1 aliphatic rings. The molecule has 1 saturated heterocycles. The van der Waals surface area contributed by atoms with Crippen molar-refractivity contribution in [2.24, 2.45) is 11.8 Å². The quantitative estimate of drug-likeness (QED) is 0.688. The van der Waals surface area contributed by atoms with Gasteiger partial charge in [0.15, 0.2) is 0 Å². The van der Waals surface area contributed by atoms with E-state index in [0.717, 1.165) is 22.6 Å². The first-order chi connectivity index (χ1) is 13.8. The van der Waals surface area contributed by atoms with Gasteiger partial charge in [-0.3, -0.25) is 4.79 Å². The molecule has 158 valence electrons. The van der Waals surface area contributed by atoms with Crippen LogP contribution in [0.1, 0.15) is 25.3 Å². The summed E-state index contributed by atoms with van der Waals surface area (Å²) in [6.07, 6.45) is 1.32. The van der Waals surface area contributed by atoms with Gasteiger partial charge < -0.3 is 10.1 Å². The number of rotatable bonds is 7. The van der Waals surface area contributed by atoms with Gasteiger partial charge in [-0.05, 0) is 48.6 Å². The summed E-state index contributed by atoms with van der Waals surface area (Å²) in [7, 11) is -1.90. The van der Waals surface area contributed by atoms with Crippen LogP contribution in [-0.2, 0) is 21.4 Å². The van der Waals surface area contributed by atoms with E-state index in [1.54, 1.807) is 19.2 Å². The van der Waals surface area contributed by atoms with E-state index in [-0.39, 0.29) is 22.0 Å². The van der Waals surface area contributed by atoms with Crippen molar-refractivity contribution < 1.29 is 17.9 Å². The lowest BCUT2D eigenvalue weighted by Crippen LogP contribution is -2.42. The van der Waals surface area contributed by atoms with Gasteiger partial charge >= 0.3 is 0 Å². The van der Waals surface area contributed by atoms with Crippen molar-refractivity contribution in [1.29, 1.82) is 0 Å². The third-order valence-electron chi connectivity index (χ3n) is 5.36. The molecule has 3 rings (SSSR count). The average Bonchev–Trinajstić information content (AvgIpc) is 3.19. The monoisotopic (exact) mass is 456 g/mol. The summed E-state index contributed by atoms with van der Waals surface area (Å²) in [5, 5.41) is 2.98. The van der Waals surface area contributed by atoms with Gasteiger partial charge in [-0.1, -0.05) is 30.7 Å². The Bertz CT molecular complexity index is 953. The van der Waals surface area contributed by atoms with Crippen molar-refractivity contribution in [3.8, 4) is 5.75 Å². The van der Waals surface area contributed by atoms with Crippen LogP contribution >= 0.6 is 22.9 Å². The lowest BCUT2D eigenvalue weighted by atomic mass is 9.85. The SMILES string of the molecule is COc1cccc(CNC(=O)[C@@H](C)C2CCN(S(=O)(=O)c3ccc(Cl)s3)CC2)c1. The number of ether oxygens (including phenoxy) is 1. The Morgan fingerprint density at radius 2 is 2.03 bits per heavy atom. The zero-order valence-electron chi connectivity index (χ0n) is 16.4. The molecule has 0 saturated carbocycles. The van der Waals surface area contributed by atoms with Crippen LogP contribution in [-0.4, -0.2) is 38.8 Å². The number of nitrogens with one attached hydrogen (secondary N) is 1. The van der Waals surface area contributed by atoms with Crippen LogP contribution in [0.25, 0.3) is 0 Å². The predicted molar refractivity (Wildman–Crippen MR) is 115 cm³/mol. The Balaban J connectivity index is 1.52. The molecule has 1 amide bonds. The Kier molecular flexibility index (Phi) is 7.21.